The molecule has 2 saturated heterocycles. The normalized spacial score (nSPS) is 32.6. The number of rotatable bonds is 2. The molecule has 0 aromatic heterocycles. The Labute approximate surface area is 117 Å². The first kappa shape index (κ1) is 15.2. The number of hydrogen-bond acceptors (Lipinski definition) is 4. The second kappa shape index (κ2) is 5.31. The van der Waals surface area contributed by atoms with Gasteiger partial charge in [0.25, 0.3) is 0 Å². The number of likely N-dealkylation sites (tertiary alicyclic amines) is 1. The van der Waals surface area contributed by atoms with Crippen molar-refractivity contribution in [2.45, 2.75) is 50.9 Å². The van der Waals surface area contributed by atoms with E-state index in [1.54, 1.807) is 4.31 Å². The molecule has 5 nitrogen and oxygen atoms in total. The van der Waals surface area contributed by atoms with Crippen molar-refractivity contribution in [1.29, 1.82) is 0 Å². The molecular formula is C13H27N3O2S. The molecule has 6 heteroatoms. The van der Waals surface area contributed by atoms with Crippen LogP contribution in [0.25, 0.3) is 0 Å². The topological polar surface area (TPSA) is 52.6 Å². The lowest BCUT2D eigenvalue weighted by Crippen LogP contribution is -2.51. The predicted molar refractivity (Wildman–Crippen MR) is 77.7 cm³/mol. The lowest BCUT2D eigenvalue weighted by Gasteiger charge is -2.33. The Balaban J connectivity index is 2.19. The first-order chi connectivity index (χ1) is 8.75. The maximum absolute atomic E-state index is 12.8. The molecule has 0 aromatic rings. The molecule has 0 spiro atoms. The Morgan fingerprint density at radius 2 is 1.95 bits per heavy atom. The lowest BCUT2D eigenvalue weighted by molar-refractivity contribution is 0.247. The molecule has 2 aliphatic heterocycles. The van der Waals surface area contributed by atoms with Gasteiger partial charge in [-0.15, -0.1) is 0 Å². The van der Waals surface area contributed by atoms with Gasteiger partial charge in [-0.25, -0.2) is 8.42 Å². The van der Waals surface area contributed by atoms with E-state index in [4.69, 9.17) is 0 Å². The Bertz CT molecular complexity index is 420. The summed E-state index contributed by atoms with van der Waals surface area (Å²) >= 11 is 0. The molecule has 1 unspecified atom stereocenters. The van der Waals surface area contributed by atoms with E-state index in [1.165, 1.54) is 0 Å². The fourth-order valence-corrected chi connectivity index (χ4v) is 4.77. The van der Waals surface area contributed by atoms with Gasteiger partial charge in [-0.3, -0.25) is 4.90 Å². The average Bonchev–Trinajstić information content (AvgIpc) is 2.73. The molecule has 2 rings (SSSR count). The smallest absolute Gasteiger partial charge is 0.220 e. The third-order valence-electron chi connectivity index (χ3n) is 4.40. The number of nitrogens with zero attached hydrogens (tertiary/aromatic N) is 2. The Hall–Kier alpha value is -0.170. The van der Waals surface area contributed by atoms with Crippen molar-refractivity contribution in [3.05, 3.63) is 0 Å². The molecule has 0 aliphatic carbocycles. The van der Waals surface area contributed by atoms with Crippen LogP contribution < -0.4 is 5.32 Å². The van der Waals surface area contributed by atoms with E-state index in [0.717, 1.165) is 26.1 Å². The average molecular weight is 289 g/mol. The zero-order valence-corrected chi connectivity index (χ0v) is 13.3. The highest BCUT2D eigenvalue weighted by atomic mass is 32.2. The maximum Gasteiger partial charge on any atom is 0.220 e. The van der Waals surface area contributed by atoms with Crippen LogP contribution in [0.1, 0.15) is 34.1 Å². The van der Waals surface area contributed by atoms with E-state index in [1.807, 2.05) is 13.8 Å². The second-order valence-electron chi connectivity index (χ2n) is 6.58. The largest absolute Gasteiger partial charge is 0.314 e. The molecule has 0 saturated carbocycles. The molecule has 2 heterocycles. The minimum absolute atomic E-state index is 0.145. The van der Waals surface area contributed by atoms with Gasteiger partial charge in [-0.1, -0.05) is 0 Å². The van der Waals surface area contributed by atoms with Gasteiger partial charge in [0.1, 0.15) is 0 Å². The third kappa shape index (κ3) is 2.82. The van der Waals surface area contributed by atoms with Crippen LogP contribution >= 0.6 is 0 Å². The highest BCUT2D eigenvalue weighted by Crippen LogP contribution is 2.28. The van der Waals surface area contributed by atoms with E-state index in [-0.39, 0.29) is 6.04 Å². The highest BCUT2D eigenvalue weighted by molar-refractivity contribution is 7.90. The van der Waals surface area contributed by atoms with Crippen LogP contribution in [0.5, 0.6) is 0 Å². The molecule has 19 heavy (non-hydrogen) atoms. The van der Waals surface area contributed by atoms with Gasteiger partial charge in [0.15, 0.2) is 0 Å². The Kier molecular flexibility index (Phi) is 4.26. The lowest BCUT2D eigenvalue weighted by atomic mass is 10.2. The van der Waals surface area contributed by atoms with Crippen molar-refractivity contribution in [2.24, 2.45) is 0 Å². The van der Waals surface area contributed by atoms with E-state index >= 15 is 0 Å². The molecule has 0 radical (unpaired) electrons. The summed E-state index contributed by atoms with van der Waals surface area (Å²) in [6.07, 6.45) is 0.952. The Morgan fingerprint density at radius 3 is 2.53 bits per heavy atom. The van der Waals surface area contributed by atoms with Crippen LogP contribution in [-0.2, 0) is 10.0 Å². The molecule has 112 valence electrons. The van der Waals surface area contributed by atoms with Crippen LogP contribution in [-0.4, -0.2) is 67.2 Å². The number of sulfonamides is 1. The zero-order chi connectivity index (χ0) is 14.3. The van der Waals surface area contributed by atoms with Crippen molar-refractivity contribution < 1.29 is 8.42 Å². The number of nitrogens with one attached hydrogen (secondary N) is 1. The van der Waals surface area contributed by atoms with Gasteiger partial charge in [0.2, 0.25) is 10.0 Å². The summed E-state index contributed by atoms with van der Waals surface area (Å²) in [7, 11) is -3.23. The maximum atomic E-state index is 12.8. The van der Waals surface area contributed by atoms with Gasteiger partial charge < -0.3 is 5.32 Å². The summed E-state index contributed by atoms with van der Waals surface area (Å²) in [6.45, 7) is 11.7. The summed E-state index contributed by atoms with van der Waals surface area (Å²) in [4.78, 5) is 2.37. The SMILES string of the molecule is CC(C)N1CCC(N2CCNCC(C)(C)S2(=O)=O)C1. The molecule has 0 aromatic carbocycles. The monoisotopic (exact) mass is 289 g/mol. The minimum atomic E-state index is -3.23. The summed E-state index contributed by atoms with van der Waals surface area (Å²) in [5, 5.41) is 3.25. The van der Waals surface area contributed by atoms with Gasteiger partial charge in [0.05, 0.1) is 4.75 Å². The summed E-state index contributed by atoms with van der Waals surface area (Å²) in [5.74, 6) is 0. The molecular weight excluding hydrogens is 262 g/mol. The fraction of sp³-hybridized carbons (Fsp3) is 1.00. The molecule has 0 bridgehead atoms. The standard InChI is InChI=1S/C13H27N3O2S/c1-11(2)15-7-5-12(9-15)16-8-6-14-10-13(3,4)19(16,17)18/h11-12,14H,5-10H2,1-4H3. The van der Waals surface area contributed by atoms with E-state index in [2.05, 4.69) is 24.1 Å². The van der Waals surface area contributed by atoms with Crippen LogP contribution in [0, 0.1) is 0 Å². The molecule has 1 atom stereocenters. The van der Waals surface area contributed by atoms with Crippen molar-refractivity contribution in [2.75, 3.05) is 32.7 Å². The molecule has 0 amide bonds. The van der Waals surface area contributed by atoms with E-state index in [0.29, 0.717) is 19.1 Å². The zero-order valence-electron chi connectivity index (χ0n) is 12.5. The van der Waals surface area contributed by atoms with Gasteiger partial charge in [-0.05, 0) is 34.1 Å². The van der Waals surface area contributed by atoms with Gasteiger partial charge >= 0.3 is 0 Å². The molecule has 1 N–H and O–H groups in total. The van der Waals surface area contributed by atoms with E-state index < -0.39 is 14.8 Å². The van der Waals surface area contributed by atoms with Crippen LogP contribution in [0.3, 0.4) is 0 Å². The molecule has 2 fully saturated rings. The quantitative estimate of drug-likeness (QED) is 0.803. The van der Waals surface area contributed by atoms with Crippen molar-refractivity contribution in [1.82, 2.24) is 14.5 Å². The first-order valence-corrected chi connectivity index (χ1v) is 8.66. The van der Waals surface area contributed by atoms with Crippen molar-refractivity contribution in [3.8, 4) is 0 Å². The van der Waals surface area contributed by atoms with Crippen LogP contribution in [0.4, 0.5) is 0 Å². The first-order valence-electron chi connectivity index (χ1n) is 7.22. The Morgan fingerprint density at radius 1 is 1.26 bits per heavy atom. The van der Waals surface area contributed by atoms with Gasteiger partial charge in [-0.2, -0.15) is 4.31 Å². The van der Waals surface area contributed by atoms with Crippen LogP contribution in [0.2, 0.25) is 0 Å². The predicted octanol–water partition coefficient (Wildman–Crippen LogP) is 0.483. The highest BCUT2D eigenvalue weighted by Gasteiger charge is 2.45. The summed E-state index contributed by atoms with van der Waals surface area (Å²) in [5.41, 5.74) is 0. The van der Waals surface area contributed by atoms with Gasteiger partial charge in [0, 0.05) is 44.8 Å². The van der Waals surface area contributed by atoms with Crippen molar-refractivity contribution >= 4 is 10.0 Å². The van der Waals surface area contributed by atoms with Crippen molar-refractivity contribution in [3.63, 3.8) is 0 Å². The van der Waals surface area contributed by atoms with E-state index in [9.17, 15) is 8.42 Å². The third-order valence-corrected chi connectivity index (χ3v) is 7.04. The number of hydrogen-bond donors (Lipinski definition) is 1. The fourth-order valence-electron chi connectivity index (χ4n) is 2.96. The summed E-state index contributed by atoms with van der Waals surface area (Å²) < 4.78 is 26.6. The molecule has 2 aliphatic rings. The van der Waals surface area contributed by atoms with Crippen LogP contribution in [0.15, 0.2) is 0 Å². The minimum Gasteiger partial charge on any atom is -0.314 e. The second-order valence-corrected chi connectivity index (χ2v) is 9.11. The summed E-state index contributed by atoms with van der Waals surface area (Å²) in [6, 6.07) is 0.636.